The van der Waals surface area contributed by atoms with Crippen molar-refractivity contribution in [1.29, 1.82) is 0 Å². The number of hydrogen-bond donors (Lipinski definition) is 0. The van der Waals surface area contributed by atoms with E-state index in [4.69, 9.17) is 9.72 Å². The normalized spacial score (nSPS) is 16.2. The summed E-state index contributed by atoms with van der Waals surface area (Å²) in [5.41, 5.74) is 2.57. The first kappa shape index (κ1) is 20.9. The van der Waals surface area contributed by atoms with Gasteiger partial charge in [-0.25, -0.2) is 9.78 Å². The van der Waals surface area contributed by atoms with E-state index in [1.807, 2.05) is 55.5 Å². The number of fused-ring (bicyclic) bond motifs is 2. The van der Waals surface area contributed by atoms with E-state index >= 15 is 0 Å². The fourth-order valence-electron chi connectivity index (χ4n) is 4.39. The fraction of sp³-hybridized carbons (Fsp3) is 0.375. The molecule has 5 rings (SSSR count). The van der Waals surface area contributed by atoms with Crippen molar-refractivity contribution in [2.75, 3.05) is 18.1 Å². The molecule has 3 heterocycles. The number of carbonyl (C=O) groups excluding carboxylic acids is 1. The van der Waals surface area contributed by atoms with Gasteiger partial charge in [0.05, 0.1) is 33.9 Å². The predicted molar refractivity (Wildman–Crippen MR) is 127 cm³/mol. The number of para-hydroxylation sites is 3. The van der Waals surface area contributed by atoms with E-state index in [1.165, 1.54) is 11.3 Å². The second-order valence-corrected chi connectivity index (χ2v) is 9.03. The van der Waals surface area contributed by atoms with Gasteiger partial charge in [-0.15, -0.1) is 0 Å². The van der Waals surface area contributed by atoms with E-state index in [9.17, 15) is 9.59 Å². The third-order valence-electron chi connectivity index (χ3n) is 6.02. The van der Waals surface area contributed by atoms with Gasteiger partial charge in [-0.1, -0.05) is 35.6 Å². The number of thiazole rings is 1. The van der Waals surface area contributed by atoms with Crippen LogP contribution in [0, 0.1) is 0 Å². The van der Waals surface area contributed by atoms with Gasteiger partial charge < -0.3 is 4.74 Å². The second kappa shape index (κ2) is 8.88. The standard InChI is InChI=1S/C24H26N4O3S/c1-2-26-19-10-4-5-11-20(19)27(24(26)30)14-13-22(29)28(16-17-8-7-15-31-17)23-25-18-9-3-6-12-21(18)32-23/h3-6,9-12,17H,2,7-8,13-16H2,1H3. The minimum Gasteiger partial charge on any atom is -0.376 e. The Labute approximate surface area is 189 Å². The number of carbonyl (C=O) groups is 1. The summed E-state index contributed by atoms with van der Waals surface area (Å²) in [5, 5.41) is 0.690. The minimum absolute atomic E-state index is 0.0238. The van der Waals surface area contributed by atoms with Gasteiger partial charge in [-0.2, -0.15) is 0 Å². The summed E-state index contributed by atoms with van der Waals surface area (Å²) in [6.45, 7) is 4.11. The van der Waals surface area contributed by atoms with Crippen LogP contribution in [0.1, 0.15) is 26.2 Å². The van der Waals surface area contributed by atoms with Gasteiger partial charge in [0, 0.05) is 26.1 Å². The average molecular weight is 451 g/mol. The summed E-state index contributed by atoms with van der Waals surface area (Å²) in [6, 6.07) is 15.6. The molecule has 0 radical (unpaired) electrons. The van der Waals surface area contributed by atoms with Crippen LogP contribution in [0.15, 0.2) is 53.3 Å². The van der Waals surface area contributed by atoms with E-state index in [-0.39, 0.29) is 24.1 Å². The zero-order valence-corrected chi connectivity index (χ0v) is 18.9. The molecule has 0 spiro atoms. The molecule has 2 aromatic heterocycles. The van der Waals surface area contributed by atoms with Crippen LogP contribution in [-0.2, 0) is 22.6 Å². The van der Waals surface area contributed by atoms with Crippen LogP contribution in [0.4, 0.5) is 5.13 Å². The number of anilines is 1. The molecule has 1 unspecified atom stereocenters. The lowest BCUT2D eigenvalue weighted by Gasteiger charge is -2.23. The fourth-order valence-corrected chi connectivity index (χ4v) is 5.38. The smallest absolute Gasteiger partial charge is 0.329 e. The van der Waals surface area contributed by atoms with Crippen molar-refractivity contribution in [2.45, 2.75) is 45.4 Å². The lowest BCUT2D eigenvalue weighted by Crippen LogP contribution is -2.38. The summed E-state index contributed by atoms with van der Waals surface area (Å²) in [6.07, 6.45) is 2.20. The highest BCUT2D eigenvalue weighted by molar-refractivity contribution is 7.22. The monoisotopic (exact) mass is 450 g/mol. The Morgan fingerprint density at radius 1 is 1.16 bits per heavy atom. The van der Waals surface area contributed by atoms with Crippen molar-refractivity contribution in [3.63, 3.8) is 0 Å². The van der Waals surface area contributed by atoms with Crippen LogP contribution in [0.25, 0.3) is 21.3 Å². The molecule has 1 amide bonds. The molecule has 0 N–H and O–H groups in total. The summed E-state index contributed by atoms with van der Waals surface area (Å²) >= 11 is 1.52. The SMILES string of the molecule is CCn1c(=O)n(CCC(=O)N(CC2CCCO2)c2nc3ccccc3s2)c2ccccc21. The molecule has 1 aliphatic heterocycles. The number of imidazole rings is 1. The summed E-state index contributed by atoms with van der Waals surface area (Å²) in [4.78, 5) is 32.8. The Hall–Kier alpha value is -2.97. The minimum atomic E-state index is -0.0767. The Bertz CT molecular complexity index is 1280. The Morgan fingerprint density at radius 3 is 2.62 bits per heavy atom. The zero-order chi connectivity index (χ0) is 22.1. The number of nitrogens with zero attached hydrogens (tertiary/aromatic N) is 4. The largest absolute Gasteiger partial charge is 0.376 e. The van der Waals surface area contributed by atoms with E-state index < -0.39 is 0 Å². The van der Waals surface area contributed by atoms with Gasteiger partial charge in [0.15, 0.2) is 5.13 Å². The maximum absolute atomic E-state index is 13.4. The molecule has 0 aliphatic carbocycles. The van der Waals surface area contributed by atoms with Crippen molar-refractivity contribution in [2.24, 2.45) is 0 Å². The summed E-state index contributed by atoms with van der Waals surface area (Å²) in [5.74, 6) is -0.0419. The van der Waals surface area contributed by atoms with Crippen LogP contribution in [0.3, 0.4) is 0 Å². The van der Waals surface area contributed by atoms with Crippen molar-refractivity contribution >= 4 is 43.6 Å². The highest BCUT2D eigenvalue weighted by atomic mass is 32.1. The second-order valence-electron chi connectivity index (χ2n) is 8.02. The van der Waals surface area contributed by atoms with Gasteiger partial charge in [0.2, 0.25) is 5.91 Å². The highest BCUT2D eigenvalue weighted by Crippen LogP contribution is 2.30. The van der Waals surface area contributed by atoms with Crippen LogP contribution in [0.5, 0.6) is 0 Å². The first-order valence-corrected chi connectivity index (χ1v) is 11.9. The molecular weight excluding hydrogens is 424 g/mol. The van der Waals surface area contributed by atoms with Crippen molar-refractivity contribution in [3.05, 3.63) is 59.0 Å². The molecule has 2 aromatic carbocycles. The van der Waals surface area contributed by atoms with Crippen LogP contribution < -0.4 is 10.6 Å². The highest BCUT2D eigenvalue weighted by Gasteiger charge is 2.26. The molecule has 8 heteroatoms. The van der Waals surface area contributed by atoms with Gasteiger partial charge in [0.1, 0.15) is 0 Å². The number of ether oxygens (including phenoxy) is 1. The number of amides is 1. The maximum atomic E-state index is 13.4. The van der Waals surface area contributed by atoms with Crippen molar-refractivity contribution in [1.82, 2.24) is 14.1 Å². The number of rotatable bonds is 7. The number of benzene rings is 2. The lowest BCUT2D eigenvalue weighted by molar-refractivity contribution is -0.119. The van der Waals surface area contributed by atoms with Crippen LogP contribution >= 0.6 is 11.3 Å². The first-order chi connectivity index (χ1) is 15.7. The number of hydrogen-bond acceptors (Lipinski definition) is 5. The Balaban J connectivity index is 1.42. The Morgan fingerprint density at radius 2 is 1.91 bits per heavy atom. The van der Waals surface area contributed by atoms with Crippen LogP contribution in [0.2, 0.25) is 0 Å². The third kappa shape index (κ3) is 3.84. The molecule has 7 nitrogen and oxygen atoms in total. The molecule has 1 saturated heterocycles. The van der Waals surface area contributed by atoms with E-state index in [2.05, 4.69) is 0 Å². The van der Waals surface area contributed by atoms with Gasteiger partial charge >= 0.3 is 5.69 Å². The Kier molecular flexibility index (Phi) is 5.80. The quantitative estimate of drug-likeness (QED) is 0.426. The molecule has 1 atom stereocenters. The predicted octanol–water partition coefficient (Wildman–Crippen LogP) is 4.03. The molecule has 4 aromatic rings. The zero-order valence-electron chi connectivity index (χ0n) is 18.1. The molecule has 1 aliphatic rings. The number of aromatic nitrogens is 3. The first-order valence-electron chi connectivity index (χ1n) is 11.1. The van der Waals surface area contributed by atoms with Crippen LogP contribution in [-0.4, -0.2) is 39.3 Å². The number of aryl methyl sites for hydroxylation is 2. The molecule has 1 fully saturated rings. The van der Waals surface area contributed by atoms with Crippen molar-refractivity contribution in [3.8, 4) is 0 Å². The van der Waals surface area contributed by atoms with Gasteiger partial charge in [0.25, 0.3) is 0 Å². The lowest BCUT2D eigenvalue weighted by atomic mass is 10.2. The molecule has 32 heavy (non-hydrogen) atoms. The molecule has 166 valence electrons. The van der Waals surface area contributed by atoms with E-state index in [1.54, 1.807) is 14.0 Å². The summed E-state index contributed by atoms with van der Waals surface area (Å²) < 4.78 is 10.3. The average Bonchev–Trinajstić information content (AvgIpc) is 3.53. The summed E-state index contributed by atoms with van der Waals surface area (Å²) in [7, 11) is 0. The van der Waals surface area contributed by atoms with Gasteiger partial charge in [-0.05, 0) is 44.0 Å². The van der Waals surface area contributed by atoms with Crippen molar-refractivity contribution < 1.29 is 9.53 Å². The molecule has 0 saturated carbocycles. The third-order valence-corrected chi connectivity index (χ3v) is 7.07. The van der Waals surface area contributed by atoms with E-state index in [0.29, 0.717) is 24.8 Å². The topological polar surface area (TPSA) is 69.4 Å². The van der Waals surface area contributed by atoms with E-state index in [0.717, 1.165) is 40.7 Å². The molecular formula is C24H26N4O3S. The molecule has 0 bridgehead atoms. The van der Waals surface area contributed by atoms with Gasteiger partial charge in [-0.3, -0.25) is 18.8 Å². The maximum Gasteiger partial charge on any atom is 0.329 e.